The van der Waals surface area contributed by atoms with Crippen molar-refractivity contribution in [1.82, 2.24) is 0 Å². The average molecular weight is 451 g/mol. The minimum Gasteiger partial charge on any atom is -0.385 e. The zero-order valence-corrected chi connectivity index (χ0v) is 14.5. The number of sulfone groups is 1. The molecule has 1 aromatic carbocycles. The van der Waals surface area contributed by atoms with Crippen LogP contribution in [-0.4, -0.2) is 21.8 Å². The smallest absolute Gasteiger partial charge is 0.210 e. The molecule has 0 heterocycles. The molecule has 7 heteroatoms. The van der Waals surface area contributed by atoms with E-state index in [1.807, 2.05) is 0 Å². The Morgan fingerprint density at radius 1 is 1.29 bits per heavy atom. The van der Waals surface area contributed by atoms with Crippen molar-refractivity contribution in [3.05, 3.63) is 34.3 Å². The topological polar surface area (TPSA) is 54.4 Å². The van der Waals surface area contributed by atoms with E-state index in [0.29, 0.717) is 5.56 Å². The summed E-state index contributed by atoms with van der Waals surface area (Å²) in [7, 11) is -3.48. The second-order valence-corrected chi connectivity index (χ2v) is 11.4. The molecule has 0 fully saturated rings. The third kappa shape index (κ3) is 3.32. The van der Waals surface area contributed by atoms with Gasteiger partial charge in [0.05, 0.1) is 0 Å². The van der Waals surface area contributed by atoms with Gasteiger partial charge in [0.1, 0.15) is 6.10 Å². The maximum atomic E-state index is 11.8. The Bertz CT molecular complexity index is 482. The fourth-order valence-electron chi connectivity index (χ4n) is 1.20. The zero-order chi connectivity index (χ0) is 13.3. The number of hydrogen-bond donors (Lipinski definition) is 1. The van der Waals surface area contributed by atoms with Gasteiger partial charge in [-0.1, -0.05) is 66.8 Å². The molecule has 0 radical (unpaired) electrons. The van der Waals surface area contributed by atoms with Crippen LogP contribution in [0.1, 0.15) is 18.6 Å². The fraction of sp³-hybridized carbons (Fsp3) is 0.400. The van der Waals surface area contributed by atoms with Gasteiger partial charge in [-0.25, -0.2) is 8.42 Å². The molecule has 0 spiro atoms. The van der Waals surface area contributed by atoms with Crippen LogP contribution in [0.4, 0.5) is 0 Å². The second-order valence-electron chi connectivity index (χ2n) is 3.42. The van der Waals surface area contributed by atoms with Crippen LogP contribution in [-0.2, 0) is 9.84 Å². The molecule has 1 aromatic rings. The lowest BCUT2D eigenvalue weighted by Crippen LogP contribution is -2.33. The molecule has 0 saturated carbocycles. The molecule has 1 atom stereocenters. The summed E-state index contributed by atoms with van der Waals surface area (Å²) >= 11 is 9.38. The van der Waals surface area contributed by atoms with E-state index in [9.17, 15) is 13.5 Å². The van der Waals surface area contributed by atoms with Crippen LogP contribution in [0.25, 0.3) is 0 Å². The van der Waals surface area contributed by atoms with E-state index in [1.165, 1.54) is 6.92 Å². The highest BCUT2D eigenvalue weighted by Crippen LogP contribution is 2.44. The van der Waals surface area contributed by atoms with Gasteiger partial charge in [-0.05, 0) is 17.7 Å². The maximum Gasteiger partial charge on any atom is 0.210 e. The summed E-state index contributed by atoms with van der Waals surface area (Å²) in [5, 5.41) is 10.1. The van der Waals surface area contributed by atoms with Gasteiger partial charge in [0.2, 0.25) is 2.57 Å². The van der Waals surface area contributed by atoms with Crippen LogP contribution < -0.4 is 0 Å². The van der Waals surface area contributed by atoms with Crippen molar-refractivity contribution >= 4 is 57.6 Å². The Morgan fingerprint density at radius 3 is 2.18 bits per heavy atom. The van der Waals surface area contributed by atoms with E-state index in [0.717, 1.165) is 4.47 Å². The molecule has 1 rings (SSSR count). The van der Waals surface area contributed by atoms with Gasteiger partial charge >= 0.3 is 0 Å². The molecule has 0 bridgehead atoms. The van der Waals surface area contributed by atoms with E-state index in [4.69, 9.17) is 0 Å². The summed E-state index contributed by atoms with van der Waals surface area (Å²) in [5.74, 6) is -0.0723. The molecule has 0 amide bonds. The minimum absolute atomic E-state index is 0.0723. The van der Waals surface area contributed by atoms with Crippen molar-refractivity contribution in [2.45, 2.75) is 15.6 Å². The fourth-order valence-corrected chi connectivity index (χ4v) is 4.23. The Hall–Kier alpha value is 0.570. The standard InChI is InChI=1S/C10H11Br3O3S/c1-2-17(15,16)10(12,13)9(14)7-3-5-8(11)6-4-7/h3-6,9,14H,2H2,1H3/t9-/m1/s1. The van der Waals surface area contributed by atoms with Gasteiger partial charge in [0, 0.05) is 10.2 Å². The summed E-state index contributed by atoms with van der Waals surface area (Å²) in [4.78, 5) is 0. The summed E-state index contributed by atoms with van der Waals surface area (Å²) in [6, 6.07) is 6.81. The van der Waals surface area contributed by atoms with Gasteiger partial charge in [-0.3, -0.25) is 0 Å². The Morgan fingerprint density at radius 2 is 1.76 bits per heavy atom. The summed E-state index contributed by atoms with van der Waals surface area (Å²) < 4.78 is 23.0. The minimum atomic E-state index is -3.48. The molecule has 0 aliphatic heterocycles. The summed E-state index contributed by atoms with van der Waals surface area (Å²) in [5.41, 5.74) is 0.513. The predicted molar refractivity (Wildman–Crippen MR) is 79.1 cm³/mol. The highest BCUT2D eigenvalue weighted by atomic mass is 79.9. The SMILES string of the molecule is CCS(=O)(=O)C(Br)(Br)[C@H](O)c1ccc(Br)cc1. The number of aliphatic hydroxyl groups is 1. The van der Waals surface area contributed by atoms with Gasteiger partial charge < -0.3 is 5.11 Å². The van der Waals surface area contributed by atoms with Crippen molar-refractivity contribution in [2.24, 2.45) is 0 Å². The number of halogens is 3. The van der Waals surface area contributed by atoms with E-state index in [1.54, 1.807) is 24.3 Å². The van der Waals surface area contributed by atoms with Crippen molar-refractivity contribution < 1.29 is 13.5 Å². The van der Waals surface area contributed by atoms with Crippen molar-refractivity contribution in [3.8, 4) is 0 Å². The molecule has 17 heavy (non-hydrogen) atoms. The molecular formula is C10H11Br3O3S. The van der Waals surface area contributed by atoms with Crippen LogP contribution in [0.2, 0.25) is 0 Å². The molecule has 1 N–H and O–H groups in total. The Balaban J connectivity index is 3.12. The van der Waals surface area contributed by atoms with E-state index >= 15 is 0 Å². The lowest BCUT2D eigenvalue weighted by atomic mass is 10.1. The molecule has 0 aromatic heterocycles. The monoisotopic (exact) mass is 448 g/mol. The van der Waals surface area contributed by atoms with E-state index in [2.05, 4.69) is 47.8 Å². The third-order valence-electron chi connectivity index (χ3n) is 2.30. The molecule has 96 valence electrons. The molecule has 0 aliphatic rings. The number of aliphatic hydroxyl groups excluding tert-OH is 1. The third-order valence-corrected chi connectivity index (χ3v) is 8.47. The summed E-state index contributed by atoms with van der Waals surface area (Å²) in [6.45, 7) is 1.53. The van der Waals surface area contributed by atoms with Gasteiger partial charge in [-0.15, -0.1) is 0 Å². The highest BCUT2D eigenvalue weighted by molar-refractivity contribution is 9.28. The quantitative estimate of drug-likeness (QED) is 0.716. The van der Waals surface area contributed by atoms with Crippen LogP contribution >= 0.6 is 47.8 Å². The second kappa shape index (κ2) is 5.69. The van der Waals surface area contributed by atoms with E-state index in [-0.39, 0.29) is 5.75 Å². The largest absolute Gasteiger partial charge is 0.385 e. The van der Waals surface area contributed by atoms with Crippen molar-refractivity contribution in [2.75, 3.05) is 5.75 Å². The van der Waals surface area contributed by atoms with Crippen LogP contribution in [0.5, 0.6) is 0 Å². The predicted octanol–water partition coefficient (Wildman–Crippen LogP) is 3.36. The normalized spacial score (nSPS) is 14.6. The lowest BCUT2D eigenvalue weighted by molar-refractivity contribution is 0.189. The highest BCUT2D eigenvalue weighted by Gasteiger charge is 2.45. The first-order valence-electron chi connectivity index (χ1n) is 4.76. The van der Waals surface area contributed by atoms with Crippen LogP contribution in [0.15, 0.2) is 28.7 Å². The number of hydrogen-bond acceptors (Lipinski definition) is 3. The molecule has 0 aliphatic carbocycles. The molecule has 0 unspecified atom stereocenters. The lowest BCUT2D eigenvalue weighted by Gasteiger charge is -2.26. The average Bonchev–Trinajstić information content (AvgIpc) is 2.28. The maximum absolute atomic E-state index is 11.8. The molecule has 3 nitrogen and oxygen atoms in total. The molecule has 0 saturated heterocycles. The van der Waals surface area contributed by atoms with Crippen molar-refractivity contribution in [3.63, 3.8) is 0 Å². The van der Waals surface area contributed by atoms with Gasteiger partial charge in [0.25, 0.3) is 0 Å². The van der Waals surface area contributed by atoms with Crippen molar-refractivity contribution in [1.29, 1.82) is 0 Å². The number of rotatable bonds is 4. The first-order valence-corrected chi connectivity index (χ1v) is 8.79. The Labute approximate surface area is 126 Å². The number of alkyl halides is 2. The summed E-state index contributed by atoms with van der Waals surface area (Å²) in [6.07, 6.45) is -1.19. The van der Waals surface area contributed by atoms with Gasteiger partial charge in [-0.2, -0.15) is 0 Å². The first kappa shape index (κ1) is 15.6. The Kier molecular flexibility index (Phi) is 5.23. The zero-order valence-electron chi connectivity index (χ0n) is 8.90. The first-order chi connectivity index (χ1) is 7.72. The van der Waals surface area contributed by atoms with E-state index < -0.39 is 18.5 Å². The van der Waals surface area contributed by atoms with Crippen LogP contribution in [0, 0.1) is 0 Å². The number of benzene rings is 1. The van der Waals surface area contributed by atoms with Crippen LogP contribution in [0.3, 0.4) is 0 Å². The van der Waals surface area contributed by atoms with Gasteiger partial charge in [0.15, 0.2) is 9.84 Å². The molecular weight excluding hydrogens is 440 g/mol.